The highest BCUT2D eigenvalue weighted by Gasteiger charge is 2.29. The zero-order chi connectivity index (χ0) is 20.9. The minimum atomic E-state index is -4.36. The van der Waals surface area contributed by atoms with E-state index in [2.05, 4.69) is 0 Å². The van der Waals surface area contributed by atoms with Gasteiger partial charge in [0.1, 0.15) is 0 Å². The maximum Gasteiger partial charge on any atom is 0.416 e. The molecule has 3 nitrogen and oxygen atoms in total. The van der Waals surface area contributed by atoms with Gasteiger partial charge in [-0.05, 0) is 70.0 Å². The van der Waals surface area contributed by atoms with Gasteiger partial charge in [-0.3, -0.25) is 4.79 Å². The molecule has 0 fully saturated rings. The molecule has 2 aromatic carbocycles. The lowest BCUT2D eigenvalue weighted by Gasteiger charge is -2.17. The van der Waals surface area contributed by atoms with Gasteiger partial charge >= 0.3 is 6.18 Å². The number of ketones is 1. The third-order valence-electron chi connectivity index (χ3n) is 3.91. The van der Waals surface area contributed by atoms with Crippen molar-refractivity contribution in [3.8, 4) is 11.5 Å². The van der Waals surface area contributed by atoms with Crippen LogP contribution >= 0.6 is 0 Å². The Hall–Kier alpha value is -2.50. The molecule has 0 aliphatic rings. The van der Waals surface area contributed by atoms with Gasteiger partial charge in [0.05, 0.1) is 17.8 Å². The Labute approximate surface area is 163 Å². The fourth-order valence-corrected chi connectivity index (χ4v) is 2.64. The summed E-state index contributed by atoms with van der Waals surface area (Å²) in [5.74, 6) is 0.969. The molecular weight excluding hydrogens is 369 g/mol. The second-order valence-electron chi connectivity index (χ2n) is 7.11. The summed E-state index contributed by atoms with van der Waals surface area (Å²) in [7, 11) is 0. The summed E-state index contributed by atoms with van der Waals surface area (Å²) in [6.45, 7) is 7.58. The molecule has 0 aliphatic heterocycles. The second kappa shape index (κ2) is 9.13. The van der Waals surface area contributed by atoms with E-state index in [0.717, 1.165) is 12.1 Å². The summed E-state index contributed by atoms with van der Waals surface area (Å²) in [6.07, 6.45) is -3.91. The molecular formula is C22H25F3O3. The number of hydrogen-bond donors (Lipinski definition) is 0. The molecule has 0 spiro atoms. The highest BCUT2D eigenvalue weighted by Crippen LogP contribution is 2.31. The Bertz CT molecular complexity index is 794. The molecule has 28 heavy (non-hydrogen) atoms. The number of aryl methyl sites for hydroxylation is 1. The van der Waals surface area contributed by atoms with Gasteiger partial charge in [0.15, 0.2) is 17.3 Å². The molecule has 0 heterocycles. The van der Waals surface area contributed by atoms with Crippen LogP contribution in [-0.4, -0.2) is 18.0 Å². The van der Waals surface area contributed by atoms with E-state index in [1.807, 2.05) is 27.7 Å². The molecule has 2 rings (SSSR count). The van der Waals surface area contributed by atoms with E-state index < -0.39 is 11.7 Å². The summed E-state index contributed by atoms with van der Waals surface area (Å²) in [5, 5.41) is 0. The number of halogens is 3. The highest BCUT2D eigenvalue weighted by molar-refractivity contribution is 5.96. The SMILES string of the molecule is CC(C)Oc1ccc(C(=O)CCc2ccc(C(F)(F)F)cc2)cc1OC(C)C. The molecule has 0 N–H and O–H groups in total. The van der Waals surface area contributed by atoms with Gasteiger partial charge in [0, 0.05) is 12.0 Å². The lowest BCUT2D eigenvalue weighted by molar-refractivity contribution is -0.137. The number of carbonyl (C=O) groups excluding carboxylic acids is 1. The summed E-state index contributed by atoms with van der Waals surface area (Å²) in [4.78, 5) is 12.5. The van der Waals surface area contributed by atoms with Crippen LogP contribution < -0.4 is 9.47 Å². The first-order valence-electron chi connectivity index (χ1n) is 9.23. The van der Waals surface area contributed by atoms with Crippen molar-refractivity contribution in [3.63, 3.8) is 0 Å². The number of hydrogen-bond acceptors (Lipinski definition) is 3. The van der Waals surface area contributed by atoms with Crippen LogP contribution in [0.1, 0.15) is 55.6 Å². The standard InChI is InChI=1S/C22H25F3O3/c1-14(2)27-20-12-8-17(13-21(20)28-15(3)4)19(26)11-7-16-5-9-18(10-6-16)22(23,24)25/h5-6,8-10,12-15H,7,11H2,1-4H3. The Morgan fingerprint density at radius 3 is 2.00 bits per heavy atom. The summed E-state index contributed by atoms with van der Waals surface area (Å²) in [5.41, 5.74) is 0.470. The number of alkyl halides is 3. The summed E-state index contributed by atoms with van der Waals surface area (Å²) in [6, 6.07) is 9.93. The molecule has 0 radical (unpaired) electrons. The fraction of sp³-hybridized carbons (Fsp3) is 0.409. The maximum absolute atomic E-state index is 12.6. The quantitative estimate of drug-likeness (QED) is 0.508. The number of carbonyl (C=O) groups is 1. The van der Waals surface area contributed by atoms with Crippen LogP contribution in [0, 0.1) is 0 Å². The molecule has 6 heteroatoms. The van der Waals surface area contributed by atoms with Crippen LogP contribution in [0.5, 0.6) is 11.5 Å². The van der Waals surface area contributed by atoms with E-state index >= 15 is 0 Å². The molecule has 0 atom stereocenters. The van der Waals surface area contributed by atoms with Crippen LogP contribution in [0.4, 0.5) is 13.2 Å². The number of benzene rings is 2. The molecule has 0 saturated heterocycles. The average Bonchev–Trinajstić information content (AvgIpc) is 2.60. The lowest BCUT2D eigenvalue weighted by Crippen LogP contribution is -2.12. The topological polar surface area (TPSA) is 35.5 Å². The van der Waals surface area contributed by atoms with E-state index in [9.17, 15) is 18.0 Å². The first-order valence-corrected chi connectivity index (χ1v) is 9.23. The number of Topliss-reactive ketones (excluding diaryl/α,β-unsaturated/α-hetero) is 1. The van der Waals surface area contributed by atoms with Crippen LogP contribution in [0.3, 0.4) is 0 Å². The smallest absolute Gasteiger partial charge is 0.416 e. The van der Waals surface area contributed by atoms with Gasteiger partial charge < -0.3 is 9.47 Å². The monoisotopic (exact) mass is 394 g/mol. The number of ether oxygens (including phenoxy) is 2. The Balaban J connectivity index is 2.09. The summed E-state index contributed by atoms with van der Waals surface area (Å²) >= 11 is 0. The number of rotatable bonds is 8. The van der Waals surface area contributed by atoms with Crippen LogP contribution in [0.15, 0.2) is 42.5 Å². The van der Waals surface area contributed by atoms with E-state index in [0.29, 0.717) is 29.0 Å². The molecule has 0 amide bonds. The van der Waals surface area contributed by atoms with E-state index in [-0.39, 0.29) is 24.4 Å². The predicted octanol–water partition coefficient (Wildman–Crippen LogP) is 6.10. The Morgan fingerprint density at radius 2 is 1.46 bits per heavy atom. The van der Waals surface area contributed by atoms with Crippen molar-refractivity contribution < 1.29 is 27.4 Å². The molecule has 0 bridgehead atoms. The normalized spacial score (nSPS) is 11.8. The van der Waals surface area contributed by atoms with Crippen molar-refractivity contribution in [1.29, 1.82) is 0 Å². The molecule has 0 unspecified atom stereocenters. The predicted molar refractivity (Wildman–Crippen MR) is 102 cm³/mol. The van der Waals surface area contributed by atoms with E-state index in [1.54, 1.807) is 18.2 Å². The van der Waals surface area contributed by atoms with Crippen molar-refractivity contribution in [1.82, 2.24) is 0 Å². The third kappa shape index (κ3) is 6.29. The van der Waals surface area contributed by atoms with Crippen molar-refractivity contribution in [2.45, 2.75) is 58.9 Å². The zero-order valence-corrected chi connectivity index (χ0v) is 16.5. The van der Waals surface area contributed by atoms with E-state index in [4.69, 9.17) is 9.47 Å². The minimum Gasteiger partial charge on any atom is -0.487 e. The van der Waals surface area contributed by atoms with Crippen LogP contribution in [0.25, 0.3) is 0 Å². The maximum atomic E-state index is 12.6. The van der Waals surface area contributed by atoms with Crippen LogP contribution in [-0.2, 0) is 12.6 Å². The molecule has 152 valence electrons. The Morgan fingerprint density at radius 1 is 0.893 bits per heavy atom. The fourth-order valence-electron chi connectivity index (χ4n) is 2.64. The van der Waals surface area contributed by atoms with Crippen molar-refractivity contribution in [2.75, 3.05) is 0 Å². The van der Waals surface area contributed by atoms with E-state index in [1.165, 1.54) is 12.1 Å². The van der Waals surface area contributed by atoms with Crippen molar-refractivity contribution in [2.24, 2.45) is 0 Å². The highest BCUT2D eigenvalue weighted by atomic mass is 19.4. The van der Waals surface area contributed by atoms with Gasteiger partial charge in [-0.15, -0.1) is 0 Å². The second-order valence-corrected chi connectivity index (χ2v) is 7.11. The van der Waals surface area contributed by atoms with Crippen molar-refractivity contribution in [3.05, 3.63) is 59.2 Å². The molecule has 0 saturated carbocycles. The van der Waals surface area contributed by atoms with Gasteiger partial charge in [-0.2, -0.15) is 13.2 Å². The first-order chi connectivity index (χ1) is 13.1. The zero-order valence-electron chi connectivity index (χ0n) is 16.5. The molecule has 0 aliphatic carbocycles. The summed E-state index contributed by atoms with van der Waals surface area (Å²) < 4.78 is 49.3. The van der Waals surface area contributed by atoms with Gasteiger partial charge in [-0.1, -0.05) is 12.1 Å². The Kier molecular flexibility index (Phi) is 7.11. The largest absolute Gasteiger partial charge is 0.487 e. The van der Waals surface area contributed by atoms with Gasteiger partial charge in [-0.25, -0.2) is 0 Å². The van der Waals surface area contributed by atoms with Gasteiger partial charge in [0.2, 0.25) is 0 Å². The van der Waals surface area contributed by atoms with Crippen molar-refractivity contribution >= 4 is 5.78 Å². The lowest BCUT2D eigenvalue weighted by atomic mass is 10.0. The average molecular weight is 394 g/mol. The van der Waals surface area contributed by atoms with Crippen LogP contribution in [0.2, 0.25) is 0 Å². The molecule has 0 aromatic heterocycles. The third-order valence-corrected chi connectivity index (χ3v) is 3.91. The first kappa shape index (κ1) is 21.8. The van der Waals surface area contributed by atoms with Gasteiger partial charge in [0.25, 0.3) is 0 Å². The molecule has 2 aromatic rings. The minimum absolute atomic E-state index is 0.0317.